The molecule has 1 aromatic carbocycles. The van der Waals surface area contributed by atoms with Crippen molar-refractivity contribution in [2.75, 3.05) is 30.7 Å². The van der Waals surface area contributed by atoms with Gasteiger partial charge in [0.25, 0.3) is 11.8 Å². The number of nitrogens with zero attached hydrogens (tertiary/aromatic N) is 6. The van der Waals surface area contributed by atoms with E-state index in [1.54, 1.807) is 4.90 Å². The molecule has 0 unspecified atom stereocenters. The second-order valence-electron chi connectivity index (χ2n) is 9.94. The van der Waals surface area contributed by atoms with Crippen LogP contribution >= 0.6 is 11.6 Å². The molecule has 4 aromatic rings. The molecule has 41 heavy (non-hydrogen) atoms. The lowest BCUT2D eigenvalue weighted by Gasteiger charge is -2.29. The number of halogens is 4. The number of imidazole rings is 1. The standard InChI is InChI=1S/C26H23ClF3N9O2/c1-37-20(17-11-39(36-22(17)26(28,29)30)21-5-2-14(31)8-33-21)9-34-23(37)24(40)35-15-3-4-16(18(27)6-15)25(41)38-10-13-7-32-19(13)12-38/h2-6,8-9,11,13,19,32H,7,10,12,31H2,1H3,(H,35,40)/t13-,19+/m1/s1. The van der Waals surface area contributed by atoms with Crippen LogP contribution in [-0.2, 0) is 13.2 Å². The number of fused-ring (bicyclic) bond motifs is 1. The van der Waals surface area contributed by atoms with Crippen LogP contribution in [0.5, 0.6) is 0 Å². The minimum atomic E-state index is -4.79. The number of anilines is 2. The fourth-order valence-electron chi connectivity index (χ4n) is 5.03. The van der Waals surface area contributed by atoms with Crippen LogP contribution in [0, 0.1) is 5.92 Å². The van der Waals surface area contributed by atoms with Gasteiger partial charge in [0.05, 0.1) is 39.9 Å². The average molecular weight is 586 g/mol. The van der Waals surface area contributed by atoms with Crippen LogP contribution in [0.25, 0.3) is 17.1 Å². The van der Waals surface area contributed by atoms with Crippen molar-refractivity contribution in [3.8, 4) is 17.1 Å². The highest BCUT2D eigenvalue weighted by atomic mass is 35.5. The fourth-order valence-corrected chi connectivity index (χ4v) is 5.29. The Bertz CT molecular complexity index is 1650. The third-order valence-electron chi connectivity index (χ3n) is 7.28. The number of aromatic nitrogens is 5. The molecule has 6 rings (SSSR count). The molecule has 0 bridgehead atoms. The summed E-state index contributed by atoms with van der Waals surface area (Å²) < 4.78 is 44.0. The maximum atomic E-state index is 13.9. The number of hydrogen-bond donors (Lipinski definition) is 3. The van der Waals surface area contributed by atoms with Crippen molar-refractivity contribution in [1.29, 1.82) is 0 Å². The topological polar surface area (TPSA) is 136 Å². The first kappa shape index (κ1) is 26.8. The monoisotopic (exact) mass is 585 g/mol. The van der Waals surface area contributed by atoms with Gasteiger partial charge in [0.2, 0.25) is 0 Å². The molecule has 2 aliphatic heterocycles. The quantitative estimate of drug-likeness (QED) is 0.327. The lowest BCUT2D eigenvalue weighted by Crippen LogP contribution is -2.51. The van der Waals surface area contributed by atoms with Crippen molar-refractivity contribution in [2.24, 2.45) is 13.0 Å². The average Bonchev–Trinajstić information content (AvgIpc) is 3.59. The lowest BCUT2D eigenvalue weighted by molar-refractivity contribution is -0.140. The van der Waals surface area contributed by atoms with Gasteiger partial charge in [-0.15, -0.1) is 0 Å². The molecule has 4 N–H and O–H groups in total. The first-order valence-electron chi connectivity index (χ1n) is 12.5. The van der Waals surface area contributed by atoms with Gasteiger partial charge in [-0.25, -0.2) is 14.6 Å². The SMILES string of the molecule is Cn1c(-c2cn(-c3ccc(N)cn3)nc2C(F)(F)F)cnc1C(=O)Nc1ccc(C(=O)N2C[C@H]3CN[C@H]3C2)c(Cl)c1. The van der Waals surface area contributed by atoms with E-state index in [1.165, 1.54) is 48.1 Å². The maximum absolute atomic E-state index is 13.9. The van der Waals surface area contributed by atoms with Crippen LogP contribution < -0.4 is 16.4 Å². The molecule has 2 saturated heterocycles. The molecule has 0 saturated carbocycles. The van der Waals surface area contributed by atoms with E-state index in [9.17, 15) is 22.8 Å². The van der Waals surface area contributed by atoms with Crippen molar-refractivity contribution in [3.63, 3.8) is 0 Å². The Hall–Kier alpha value is -4.43. The Kier molecular flexibility index (Phi) is 6.46. The van der Waals surface area contributed by atoms with Crippen molar-refractivity contribution >= 4 is 34.8 Å². The minimum absolute atomic E-state index is 0.0113. The van der Waals surface area contributed by atoms with Gasteiger partial charge in [0.15, 0.2) is 17.3 Å². The first-order chi connectivity index (χ1) is 19.5. The predicted molar refractivity (Wildman–Crippen MR) is 144 cm³/mol. The summed E-state index contributed by atoms with van der Waals surface area (Å²) >= 11 is 6.39. The highest BCUT2D eigenvalue weighted by molar-refractivity contribution is 6.34. The van der Waals surface area contributed by atoms with E-state index in [1.807, 2.05) is 0 Å². The predicted octanol–water partition coefficient (Wildman–Crippen LogP) is 3.22. The summed E-state index contributed by atoms with van der Waals surface area (Å²) in [4.78, 5) is 35.8. The van der Waals surface area contributed by atoms with Crippen molar-refractivity contribution in [1.82, 2.24) is 34.5 Å². The number of nitrogen functional groups attached to an aromatic ring is 1. The van der Waals surface area contributed by atoms with Gasteiger partial charge in [-0.2, -0.15) is 18.3 Å². The summed E-state index contributed by atoms with van der Waals surface area (Å²) in [5.74, 6) is -0.438. The van der Waals surface area contributed by atoms with Crippen LogP contribution in [0.2, 0.25) is 5.02 Å². The number of nitrogens with one attached hydrogen (secondary N) is 2. The largest absolute Gasteiger partial charge is 0.435 e. The summed E-state index contributed by atoms with van der Waals surface area (Å²) in [5, 5.41) is 9.79. The molecule has 5 heterocycles. The second-order valence-corrected chi connectivity index (χ2v) is 10.4. The number of alkyl halides is 3. The zero-order valence-corrected chi connectivity index (χ0v) is 22.2. The van der Waals surface area contributed by atoms with Gasteiger partial charge in [-0.1, -0.05) is 11.6 Å². The van der Waals surface area contributed by atoms with Crippen LogP contribution in [-0.4, -0.2) is 66.7 Å². The summed E-state index contributed by atoms with van der Waals surface area (Å²) in [5.41, 5.74) is 5.13. The number of pyridine rings is 1. The van der Waals surface area contributed by atoms with E-state index in [4.69, 9.17) is 17.3 Å². The van der Waals surface area contributed by atoms with Crippen molar-refractivity contribution < 1.29 is 22.8 Å². The number of amides is 2. The third kappa shape index (κ3) is 4.89. The number of benzene rings is 1. The molecule has 2 amide bonds. The summed E-state index contributed by atoms with van der Waals surface area (Å²) in [6, 6.07) is 7.76. The molecule has 212 valence electrons. The van der Waals surface area contributed by atoms with Crippen molar-refractivity contribution in [2.45, 2.75) is 12.2 Å². The molecule has 11 nitrogen and oxygen atoms in total. The van der Waals surface area contributed by atoms with Gasteiger partial charge in [-0.3, -0.25) is 9.59 Å². The highest BCUT2D eigenvalue weighted by Gasteiger charge is 2.41. The molecule has 2 fully saturated rings. The molecule has 0 spiro atoms. The summed E-state index contributed by atoms with van der Waals surface area (Å²) in [6.07, 6.45) is -1.16. The molecule has 3 aromatic heterocycles. The van der Waals surface area contributed by atoms with E-state index in [0.717, 1.165) is 23.6 Å². The number of carbonyl (C=O) groups is 2. The van der Waals surface area contributed by atoms with Gasteiger partial charge >= 0.3 is 6.18 Å². The molecular weight excluding hydrogens is 563 g/mol. The van der Waals surface area contributed by atoms with Crippen LogP contribution in [0.4, 0.5) is 24.5 Å². The van der Waals surface area contributed by atoms with Gasteiger partial charge in [-0.05, 0) is 30.3 Å². The van der Waals surface area contributed by atoms with Crippen LogP contribution in [0.1, 0.15) is 26.7 Å². The van der Waals surface area contributed by atoms with Gasteiger partial charge < -0.3 is 25.8 Å². The van der Waals surface area contributed by atoms with Gasteiger partial charge in [0, 0.05) is 50.5 Å². The number of carbonyl (C=O) groups excluding carboxylic acids is 2. The normalized spacial score (nSPS) is 18.2. The summed E-state index contributed by atoms with van der Waals surface area (Å²) in [7, 11) is 1.42. The second kappa shape index (κ2) is 9.89. The Balaban J connectivity index is 1.23. The van der Waals surface area contributed by atoms with Crippen molar-refractivity contribution in [3.05, 3.63) is 71.0 Å². The van der Waals surface area contributed by atoms with E-state index >= 15 is 0 Å². The highest BCUT2D eigenvalue weighted by Crippen LogP contribution is 2.37. The molecule has 15 heteroatoms. The first-order valence-corrected chi connectivity index (χ1v) is 12.9. The zero-order chi connectivity index (χ0) is 29.1. The lowest BCUT2D eigenvalue weighted by atomic mass is 9.96. The van der Waals surface area contributed by atoms with Crippen LogP contribution in [0.15, 0.2) is 48.9 Å². The zero-order valence-electron chi connectivity index (χ0n) is 21.5. The fraction of sp³-hybridized carbons (Fsp3) is 0.269. The Labute approximate surface area is 236 Å². The molecule has 2 atom stereocenters. The Morgan fingerprint density at radius 1 is 1.15 bits per heavy atom. The molecule has 2 aliphatic rings. The molecule has 0 radical (unpaired) electrons. The maximum Gasteiger partial charge on any atom is 0.435 e. The van der Waals surface area contributed by atoms with Gasteiger partial charge in [0.1, 0.15) is 0 Å². The number of nitrogens with two attached hydrogens (primary N) is 1. The van der Waals surface area contributed by atoms with E-state index in [2.05, 4.69) is 25.7 Å². The number of hydrogen-bond acceptors (Lipinski definition) is 7. The minimum Gasteiger partial charge on any atom is -0.397 e. The van der Waals surface area contributed by atoms with E-state index < -0.39 is 17.8 Å². The van der Waals surface area contributed by atoms with Crippen LogP contribution in [0.3, 0.4) is 0 Å². The number of rotatable bonds is 5. The van der Waals surface area contributed by atoms with E-state index in [-0.39, 0.29) is 33.8 Å². The molecule has 0 aliphatic carbocycles. The smallest absolute Gasteiger partial charge is 0.397 e. The number of likely N-dealkylation sites (tertiary alicyclic amines) is 1. The van der Waals surface area contributed by atoms with E-state index in [0.29, 0.717) is 42.0 Å². The third-order valence-corrected chi connectivity index (χ3v) is 7.60. The summed E-state index contributed by atoms with van der Waals surface area (Å²) in [6.45, 7) is 2.17. The molecular formula is C26H23ClF3N9O2. The Morgan fingerprint density at radius 2 is 1.95 bits per heavy atom. The Morgan fingerprint density at radius 3 is 2.56 bits per heavy atom.